The number of carbonyl (C=O) groups excluding carboxylic acids is 1. The van der Waals surface area contributed by atoms with Crippen LogP contribution < -0.4 is 5.73 Å². The maximum atomic E-state index is 12.2. The summed E-state index contributed by atoms with van der Waals surface area (Å²) in [5, 5.41) is 0. The topological polar surface area (TPSA) is 43.1 Å². The normalized spacial score (nSPS) is 31.9. The van der Waals surface area contributed by atoms with Gasteiger partial charge in [-0.1, -0.05) is 12.8 Å². The Morgan fingerprint density at radius 1 is 1.06 bits per heavy atom. The molecule has 0 aromatic heterocycles. The van der Waals surface area contributed by atoms with Gasteiger partial charge in [-0.3, -0.25) is 4.79 Å². The molecule has 3 rings (SSSR count). The monoisotopic (exact) mass is 215 g/mol. The average Bonchev–Trinajstić information content (AvgIpc) is 3.03. The second-order valence-electron chi connectivity index (χ2n) is 5.12. The fourth-order valence-corrected chi connectivity index (χ4v) is 3.22. The first-order valence-electron chi connectivity index (χ1n) is 6.17. The van der Waals surface area contributed by atoms with Crippen LogP contribution in [0.5, 0.6) is 0 Å². The molecule has 2 heteroatoms. The summed E-state index contributed by atoms with van der Waals surface area (Å²) < 4.78 is 0. The zero-order chi connectivity index (χ0) is 11.1. The molecule has 0 spiro atoms. The van der Waals surface area contributed by atoms with E-state index in [2.05, 4.69) is 0 Å². The van der Waals surface area contributed by atoms with Gasteiger partial charge >= 0.3 is 0 Å². The maximum Gasteiger partial charge on any atom is 0.166 e. The van der Waals surface area contributed by atoms with Crippen LogP contribution in [-0.2, 0) is 0 Å². The molecule has 2 aliphatic rings. The minimum Gasteiger partial charge on any atom is -0.399 e. The molecule has 2 atom stereocenters. The van der Waals surface area contributed by atoms with Crippen molar-refractivity contribution in [3.8, 4) is 0 Å². The third-order valence-electron chi connectivity index (χ3n) is 4.15. The van der Waals surface area contributed by atoms with Crippen molar-refractivity contribution in [2.45, 2.75) is 25.7 Å². The first-order chi connectivity index (χ1) is 7.77. The Bertz CT molecular complexity index is 397. The lowest BCUT2D eigenvalue weighted by atomic mass is 10.0. The van der Waals surface area contributed by atoms with Crippen LogP contribution >= 0.6 is 0 Å². The summed E-state index contributed by atoms with van der Waals surface area (Å²) in [6, 6.07) is 7.36. The lowest BCUT2D eigenvalue weighted by Crippen LogP contribution is -2.04. The van der Waals surface area contributed by atoms with Gasteiger partial charge in [0.25, 0.3) is 0 Å². The smallest absolute Gasteiger partial charge is 0.166 e. The summed E-state index contributed by atoms with van der Waals surface area (Å²) in [6.07, 6.45) is 5.14. The van der Waals surface area contributed by atoms with Crippen LogP contribution in [0.3, 0.4) is 0 Å². The zero-order valence-corrected chi connectivity index (χ0v) is 9.36. The predicted octanol–water partition coefficient (Wildman–Crippen LogP) is 2.89. The van der Waals surface area contributed by atoms with E-state index in [9.17, 15) is 4.79 Å². The number of Topliss-reactive ketones (excluding diaryl/α,β-unsaturated/α-hetero) is 1. The minimum atomic E-state index is 0.325. The molecule has 0 saturated heterocycles. The van der Waals surface area contributed by atoms with Crippen molar-refractivity contribution in [2.24, 2.45) is 17.8 Å². The second kappa shape index (κ2) is 3.62. The molecule has 2 N–H and O–H groups in total. The number of nitrogen functional groups attached to an aromatic ring is 1. The summed E-state index contributed by atoms with van der Waals surface area (Å²) in [5.41, 5.74) is 7.19. The highest BCUT2D eigenvalue weighted by molar-refractivity contribution is 6.00. The Balaban J connectivity index is 1.76. The second-order valence-corrected chi connectivity index (χ2v) is 5.12. The van der Waals surface area contributed by atoms with Crippen LogP contribution in [-0.4, -0.2) is 5.78 Å². The molecular formula is C14H17NO. The van der Waals surface area contributed by atoms with E-state index in [-0.39, 0.29) is 0 Å². The molecular weight excluding hydrogens is 198 g/mol. The number of nitrogens with two attached hydrogens (primary N) is 1. The van der Waals surface area contributed by atoms with Crippen LogP contribution in [0.4, 0.5) is 5.69 Å². The molecule has 0 radical (unpaired) electrons. The summed E-state index contributed by atoms with van der Waals surface area (Å²) >= 11 is 0. The van der Waals surface area contributed by atoms with E-state index < -0.39 is 0 Å². The van der Waals surface area contributed by atoms with Crippen molar-refractivity contribution in [1.29, 1.82) is 0 Å². The fourth-order valence-electron chi connectivity index (χ4n) is 3.22. The van der Waals surface area contributed by atoms with Crippen LogP contribution in [0, 0.1) is 17.8 Å². The van der Waals surface area contributed by atoms with Gasteiger partial charge in [0.05, 0.1) is 0 Å². The van der Waals surface area contributed by atoms with Crippen LogP contribution in [0.15, 0.2) is 24.3 Å². The molecule has 2 aliphatic carbocycles. The van der Waals surface area contributed by atoms with Gasteiger partial charge < -0.3 is 5.73 Å². The van der Waals surface area contributed by atoms with Crippen molar-refractivity contribution < 1.29 is 4.79 Å². The SMILES string of the molecule is Nc1ccc(C(=O)C2C3CCCCC32)cc1. The molecule has 0 heterocycles. The highest BCUT2D eigenvalue weighted by atomic mass is 16.1. The molecule has 0 amide bonds. The van der Waals surface area contributed by atoms with Crippen LogP contribution in [0.25, 0.3) is 0 Å². The molecule has 0 bridgehead atoms. The Morgan fingerprint density at radius 3 is 2.19 bits per heavy atom. The van der Waals surface area contributed by atoms with Gasteiger partial charge in [-0.25, -0.2) is 0 Å². The highest BCUT2D eigenvalue weighted by Gasteiger charge is 2.54. The van der Waals surface area contributed by atoms with E-state index in [1.165, 1.54) is 25.7 Å². The Hall–Kier alpha value is -1.31. The van der Waals surface area contributed by atoms with Crippen LogP contribution in [0.2, 0.25) is 0 Å². The Kier molecular flexibility index (Phi) is 2.23. The van der Waals surface area contributed by atoms with Crippen molar-refractivity contribution in [2.75, 3.05) is 5.73 Å². The van der Waals surface area contributed by atoms with E-state index in [0.29, 0.717) is 23.5 Å². The van der Waals surface area contributed by atoms with Crippen molar-refractivity contribution in [3.05, 3.63) is 29.8 Å². The molecule has 84 valence electrons. The largest absolute Gasteiger partial charge is 0.399 e. The van der Waals surface area contributed by atoms with Gasteiger partial charge in [0.1, 0.15) is 0 Å². The van der Waals surface area contributed by atoms with Gasteiger partial charge in [-0.05, 0) is 48.9 Å². The quantitative estimate of drug-likeness (QED) is 0.609. The maximum absolute atomic E-state index is 12.2. The number of carbonyl (C=O) groups is 1. The summed E-state index contributed by atoms with van der Waals surface area (Å²) in [4.78, 5) is 12.2. The van der Waals surface area contributed by atoms with E-state index in [4.69, 9.17) is 5.73 Å². The lowest BCUT2D eigenvalue weighted by molar-refractivity contribution is 0.0956. The van der Waals surface area contributed by atoms with E-state index in [0.717, 1.165) is 11.3 Å². The van der Waals surface area contributed by atoms with E-state index in [1.807, 2.05) is 24.3 Å². The number of ketones is 1. The number of fused-ring (bicyclic) bond motifs is 1. The number of hydrogen-bond donors (Lipinski definition) is 1. The third kappa shape index (κ3) is 1.53. The molecule has 2 nitrogen and oxygen atoms in total. The molecule has 2 fully saturated rings. The van der Waals surface area contributed by atoms with Crippen molar-refractivity contribution in [1.82, 2.24) is 0 Å². The highest BCUT2D eigenvalue weighted by Crippen LogP contribution is 2.56. The van der Waals surface area contributed by atoms with Crippen molar-refractivity contribution >= 4 is 11.5 Å². The summed E-state index contributed by atoms with van der Waals surface area (Å²) in [5.74, 6) is 2.06. The summed E-state index contributed by atoms with van der Waals surface area (Å²) in [7, 11) is 0. The number of benzene rings is 1. The molecule has 1 aromatic rings. The van der Waals surface area contributed by atoms with E-state index >= 15 is 0 Å². The van der Waals surface area contributed by atoms with E-state index in [1.54, 1.807) is 0 Å². The lowest BCUT2D eigenvalue weighted by Gasteiger charge is -2.04. The van der Waals surface area contributed by atoms with Crippen LogP contribution in [0.1, 0.15) is 36.0 Å². The van der Waals surface area contributed by atoms with Gasteiger partial charge in [0, 0.05) is 17.2 Å². The Labute approximate surface area is 95.8 Å². The first kappa shape index (κ1) is 9.88. The molecule has 1 aromatic carbocycles. The molecule has 2 saturated carbocycles. The standard InChI is InChI=1S/C14H17NO/c15-10-7-5-9(6-8-10)14(16)13-11-3-1-2-4-12(11)13/h5-8,11-13H,1-4,15H2. The molecule has 2 unspecified atom stereocenters. The first-order valence-corrected chi connectivity index (χ1v) is 6.17. The fraction of sp³-hybridized carbons (Fsp3) is 0.500. The van der Waals surface area contributed by atoms with Gasteiger partial charge in [0.15, 0.2) is 5.78 Å². The third-order valence-corrected chi connectivity index (χ3v) is 4.15. The minimum absolute atomic E-state index is 0.325. The number of anilines is 1. The average molecular weight is 215 g/mol. The summed E-state index contributed by atoms with van der Waals surface area (Å²) in [6.45, 7) is 0. The van der Waals surface area contributed by atoms with Gasteiger partial charge in [-0.15, -0.1) is 0 Å². The molecule has 16 heavy (non-hydrogen) atoms. The number of rotatable bonds is 2. The number of hydrogen-bond acceptors (Lipinski definition) is 2. The van der Waals surface area contributed by atoms with Crippen molar-refractivity contribution in [3.63, 3.8) is 0 Å². The van der Waals surface area contributed by atoms with Gasteiger partial charge in [-0.2, -0.15) is 0 Å². The molecule has 0 aliphatic heterocycles. The zero-order valence-electron chi connectivity index (χ0n) is 9.36. The Morgan fingerprint density at radius 2 is 1.62 bits per heavy atom. The predicted molar refractivity (Wildman–Crippen MR) is 64.1 cm³/mol. The van der Waals surface area contributed by atoms with Gasteiger partial charge in [0.2, 0.25) is 0 Å².